The second-order valence-electron chi connectivity index (χ2n) is 6.56. The van der Waals surface area contributed by atoms with Crippen molar-refractivity contribution in [2.75, 3.05) is 7.11 Å². The Labute approximate surface area is 200 Å². The quantitative estimate of drug-likeness (QED) is 0.129. The number of thiophene rings is 1. The highest BCUT2D eigenvalue weighted by Crippen LogP contribution is 2.36. The summed E-state index contributed by atoms with van der Waals surface area (Å²) in [5.41, 5.74) is 1.54. The van der Waals surface area contributed by atoms with E-state index in [1.165, 1.54) is 30.6 Å². The Morgan fingerprint density at radius 1 is 1.25 bits per heavy atom. The number of benzene rings is 2. The highest BCUT2D eigenvalue weighted by Gasteiger charge is 2.25. The van der Waals surface area contributed by atoms with Gasteiger partial charge in [-0.25, -0.2) is 9.79 Å². The molecule has 8 nitrogen and oxygen atoms in total. The van der Waals surface area contributed by atoms with Crippen molar-refractivity contribution in [3.05, 3.63) is 89.3 Å². The summed E-state index contributed by atoms with van der Waals surface area (Å²) in [5, 5.41) is 12.9. The number of nitrogens with zero attached hydrogens (tertiary/aromatic N) is 2. The van der Waals surface area contributed by atoms with Gasteiger partial charge >= 0.3 is 5.97 Å². The number of cyclic esters (lactones) is 1. The number of hydrogen-bond acceptors (Lipinski definition) is 8. The van der Waals surface area contributed by atoms with Crippen LogP contribution in [0.2, 0.25) is 0 Å². The van der Waals surface area contributed by atoms with Crippen molar-refractivity contribution in [2.24, 2.45) is 4.99 Å². The Morgan fingerprint density at radius 2 is 2.09 bits per heavy atom. The van der Waals surface area contributed by atoms with Gasteiger partial charge in [0.1, 0.15) is 6.61 Å². The largest absolute Gasteiger partial charge is 0.493 e. The van der Waals surface area contributed by atoms with Crippen LogP contribution in [-0.4, -0.2) is 23.9 Å². The predicted molar refractivity (Wildman–Crippen MR) is 128 cm³/mol. The minimum absolute atomic E-state index is 0.000608. The van der Waals surface area contributed by atoms with E-state index in [1.54, 1.807) is 24.3 Å². The van der Waals surface area contributed by atoms with Crippen LogP contribution >= 0.6 is 33.9 Å². The zero-order valence-electron chi connectivity index (χ0n) is 16.6. The molecule has 0 N–H and O–H groups in total. The van der Waals surface area contributed by atoms with E-state index in [0.717, 1.165) is 8.45 Å². The zero-order chi connectivity index (χ0) is 22.7. The van der Waals surface area contributed by atoms with Crippen LogP contribution in [0.25, 0.3) is 6.08 Å². The van der Waals surface area contributed by atoms with Gasteiger partial charge in [0, 0.05) is 12.1 Å². The molecular weight excluding hydrogens is 547 g/mol. The normalized spacial score (nSPS) is 14.2. The molecule has 1 aliphatic rings. The van der Waals surface area contributed by atoms with Crippen LogP contribution in [0.4, 0.5) is 5.69 Å². The standard InChI is InChI=1S/C22H15IN2O6S/c1-29-18-11-14(10-17-22(26)31-21(24-17)19-6-3-7-32-19)9-16(23)20(18)30-12-13-4-2-5-15(8-13)25(27)28/h2-11H,12H2,1H3. The van der Waals surface area contributed by atoms with Crippen LogP contribution in [0, 0.1) is 13.7 Å². The summed E-state index contributed by atoms with van der Waals surface area (Å²) in [5.74, 6) is 0.727. The van der Waals surface area contributed by atoms with E-state index < -0.39 is 10.9 Å². The highest BCUT2D eigenvalue weighted by atomic mass is 127. The average Bonchev–Trinajstić information content (AvgIpc) is 3.43. The molecule has 4 rings (SSSR count). The van der Waals surface area contributed by atoms with Crippen LogP contribution in [0.1, 0.15) is 16.0 Å². The number of carbonyl (C=O) groups excluding carboxylic acids is 1. The lowest BCUT2D eigenvalue weighted by Gasteiger charge is -2.13. The van der Waals surface area contributed by atoms with Gasteiger partial charge < -0.3 is 14.2 Å². The number of esters is 1. The minimum atomic E-state index is -0.520. The van der Waals surface area contributed by atoms with E-state index in [9.17, 15) is 14.9 Å². The van der Waals surface area contributed by atoms with Crippen LogP contribution in [-0.2, 0) is 16.1 Å². The van der Waals surface area contributed by atoms with Gasteiger partial charge in [-0.1, -0.05) is 18.2 Å². The Morgan fingerprint density at radius 3 is 2.81 bits per heavy atom. The van der Waals surface area contributed by atoms with Crippen LogP contribution in [0.3, 0.4) is 0 Å². The van der Waals surface area contributed by atoms with Crippen molar-refractivity contribution in [1.82, 2.24) is 0 Å². The third-order valence-corrected chi connectivity index (χ3v) is 6.07. The maximum Gasteiger partial charge on any atom is 0.363 e. The van der Waals surface area contributed by atoms with E-state index in [2.05, 4.69) is 27.6 Å². The highest BCUT2D eigenvalue weighted by molar-refractivity contribution is 14.1. The second-order valence-corrected chi connectivity index (χ2v) is 8.67. The minimum Gasteiger partial charge on any atom is -0.493 e. The maximum absolute atomic E-state index is 12.2. The van der Waals surface area contributed by atoms with Crippen molar-refractivity contribution in [3.8, 4) is 11.5 Å². The van der Waals surface area contributed by atoms with Gasteiger partial charge in [-0.05, 0) is 63.4 Å². The Kier molecular flexibility index (Phi) is 6.51. The number of rotatable bonds is 7. The van der Waals surface area contributed by atoms with Crippen LogP contribution < -0.4 is 9.47 Å². The fraction of sp³-hybridized carbons (Fsp3) is 0.0909. The number of carbonyl (C=O) groups is 1. The van der Waals surface area contributed by atoms with Crippen LogP contribution in [0.5, 0.6) is 11.5 Å². The molecule has 32 heavy (non-hydrogen) atoms. The zero-order valence-corrected chi connectivity index (χ0v) is 19.6. The molecule has 0 radical (unpaired) electrons. The number of halogens is 1. The summed E-state index contributed by atoms with van der Waals surface area (Å²) in [7, 11) is 1.51. The molecule has 2 aromatic carbocycles. The van der Waals surface area contributed by atoms with Gasteiger partial charge in [-0.2, -0.15) is 0 Å². The number of ether oxygens (including phenoxy) is 3. The van der Waals surface area contributed by atoms with Crippen LogP contribution in [0.15, 0.2) is 64.6 Å². The summed E-state index contributed by atoms with van der Waals surface area (Å²) in [6.45, 7) is 0.134. The predicted octanol–water partition coefficient (Wildman–Crippen LogP) is 5.19. The van der Waals surface area contributed by atoms with E-state index in [1.807, 2.05) is 23.6 Å². The van der Waals surface area contributed by atoms with Crippen molar-refractivity contribution < 1.29 is 23.9 Å². The molecule has 0 amide bonds. The van der Waals surface area contributed by atoms with Gasteiger partial charge in [0.05, 0.1) is 20.5 Å². The number of hydrogen-bond donors (Lipinski definition) is 0. The van der Waals surface area contributed by atoms with Gasteiger partial charge in [-0.3, -0.25) is 10.1 Å². The summed E-state index contributed by atoms with van der Waals surface area (Å²) in [4.78, 5) is 27.8. The molecular formula is C22H15IN2O6S. The first kappa shape index (κ1) is 22.0. The lowest BCUT2D eigenvalue weighted by Crippen LogP contribution is -2.03. The SMILES string of the molecule is COc1cc(C=C2N=C(c3cccs3)OC2=O)cc(I)c1OCc1cccc([N+](=O)[O-])c1. The molecule has 0 spiro atoms. The lowest BCUT2D eigenvalue weighted by molar-refractivity contribution is -0.384. The van der Waals surface area contributed by atoms with Crippen molar-refractivity contribution >= 4 is 57.6 Å². The number of nitro benzene ring substituents is 1. The molecule has 0 atom stereocenters. The van der Waals surface area contributed by atoms with E-state index in [0.29, 0.717) is 22.6 Å². The number of non-ortho nitro benzene ring substituents is 1. The van der Waals surface area contributed by atoms with E-state index >= 15 is 0 Å². The summed E-state index contributed by atoms with van der Waals surface area (Å²) < 4.78 is 17.4. The molecule has 0 aliphatic carbocycles. The fourth-order valence-electron chi connectivity index (χ4n) is 2.95. The van der Waals surface area contributed by atoms with Crippen molar-refractivity contribution in [2.45, 2.75) is 6.61 Å². The monoisotopic (exact) mass is 562 g/mol. The molecule has 162 valence electrons. The fourth-order valence-corrected chi connectivity index (χ4v) is 4.38. The second kappa shape index (κ2) is 9.49. The Bertz CT molecular complexity index is 1250. The molecule has 0 bridgehead atoms. The average molecular weight is 562 g/mol. The summed E-state index contributed by atoms with van der Waals surface area (Å²) in [6, 6.07) is 13.5. The van der Waals surface area contributed by atoms with E-state index in [4.69, 9.17) is 14.2 Å². The number of aliphatic imine (C=N–C) groups is 1. The van der Waals surface area contributed by atoms with Gasteiger partial charge in [0.25, 0.3) is 5.69 Å². The molecule has 0 saturated carbocycles. The first-order valence-corrected chi connectivity index (χ1v) is 11.2. The topological polar surface area (TPSA) is 100 Å². The first-order chi connectivity index (χ1) is 15.4. The third kappa shape index (κ3) is 4.81. The van der Waals surface area contributed by atoms with E-state index in [-0.39, 0.29) is 23.9 Å². The number of nitro groups is 1. The maximum atomic E-state index is 12.2. The lowest BCUT2D eigenvalue weighted by atomic mass is 10.1. The summed E-state index contributed by atoms with van der Waals surface area (Å²) >= 11 is 3.54. The van der Waals surface area contributed by atoms with Crippen molar-refractivity contribution in [3.63, 3.8) is 0 Å². The third-order valence-electron chi connectivity index (χ3n) is 4.41. The molecule has 1 aromatic heterocycles. The summed E-state index contributed by atoms with van der Waals surface area (Å²) in [6.07, 6.45) is 1.62. The van der Waals surface area contributed by atoms with Gasteiger partial charge in [0.2, 0.25) is 5.90 Å². The smallest absolute Gasteiger partial charge is 0.363 e. The van der Waals surface area contributed by atoms with Gasteiger partial charge in [0.15, 0.2) is 17.2 Å². The first-order valence-electron chi connectivity index (χ1n) is 9.24. The molecule has 3 aromatic rings. The Balaban J connectivity index is 1.57. The van der Waals surface area contributed by atoms with Crippen molar-refractivity contribution in [1.29, 1.82) is 0 Å². The Hall–Kier alpha value is -3.25. The molecule has 0 unspecified atom stereocenters. The number of methoxy groups -OCH3 is 1. The molecule has 2 heterocycles. The van der Waals surface area contributed by atoms with Gasteiger partial charge in [-0.15, -0.1) is 11.3 Å². The molecule has 1 aliphatic heterocycles. The molecule has 0 fully saturated rings. The molecule has 10 heteroatoms. The molecule has 0 saturated heterocycles.